The Bertz CT molecular complexity index is 698. The van der Waals surface area contributed by atoms with E-state index in [9.17, 15) is 9.59 Å². The highest BCUT2D eigenvalue weighted by Crippen LogP contribution is 2.17. The maximum Gasteiger partial charge on any atom is 0.407 e. The minimum atomic E-state index is -0.440. The predicted octanol–water partition coefficient (Wildman–Crippen LogP) is 2.68. The number of amides is 2. The summed E-state index contributed by atoms with van der Waals surface area (Å²) in [7, 11) is 0. The molecule has 0 bridgehead atoms. The van der Waals surface area contributed by atoms with E-state index in [1.807, 2.05) is 48.6 Å². The van der Waals surface area contributed by atoms with Crippen molar-refractivity contribution in [2.24, 2.45) is 5.84 Å². The number of hydrogen-bond donors (Lipinski definition) is 3. The van der Waals surface area contributed by atoms with Crippen LogP contribution in [0.2, 0.25) is 0 Å². The third-order valence-corrected chi connectivity index (χ3v) is 4.11. The van der Waals surface area contributed by atoms with Gasteiger partial charge in [-0.3, -0.25) is 10.2 Å². The molecule has 4 N–H and O–H groups in total. The zero-order chi connectivity index (χ0) is 17.2. The van der Waals surface area contributed by atoms with E-state index in [2.05, 4.69) is 10.7 Å². The van der Waals surface area contributed by atoms with E-state index in [0.29, 0.717) is 17.8 Å². The normalized spacial score (nSPS) is 10.5. The van der Waals surface area contributed by atoms with Crippen molar-refractivity contribution in [3.63, 3.8) is 0 Å². The van der Waals surface area contributed by atoms with Crippen molar-refractivity contribution < 1.29 is 14.3 Å². The van der Waals surface area contributed by atoms with Gasteiger partial charge in [0.15, 0.2) is 0 Å². The first kappa shape index (κ1) is 17.7. The Balaban J connectivity index is 1.64. The van der Waals surface area contributed by atoms with Crippen molar-refractivity contribution in [1.29, 1.82) is 0 Å². The van der Waals surface area contributed by atoms with E-state index in [0.717, 1.165) is 10.4 Å². The van der Waals surface area contributed by atoms with Crippen molar-refractivity contribution in [3.05, 3.63) is 63.9 Å². The van der Waals surface area contributed by atoms with Crippen molar-refractivity contribution >= 4 is 29.4 Å². The molecule has 0 unspecified atom stereocenters. The van der Waals surface area contributed by atoms with Gasteiger partial charge in [-0.05, 0) is 30.2 Å². The number of thiophene rings is 1. The SMILES string of the molecule is NNC(=O)c1ccc(C=CCCNC(=O)OCc2ccccc2)s1. The molecule has 0 fully saturated rings. The first-order valence-electron chi connectivity index (χ1n) is 7.41. The van der Waals surface area contributed by atoms with Crippen LogP contribution >= 0.6 is 11.3 Å². The van der Waals surface area contributed by atoms with Gasteiger partial charge in [0.2, 0.25) is 0 Å². The van der Waals surface area contributed by atoms with Crippen LogP contribution in [0.3, 0.4) is 0 Å². The van der Waals surface area contributed by atoms with Crippen LogP contribution in [-0.4, -0.2) is 18.5 Å². The molecule has 0 saturated carbocycles. The summed E-state index contributed by atoms with van der Waals surface area (Å²) in [6.45, 7) is 0.731. The number of nitrogen functional groups attached to an aromatic ring is 1. The third-order valence-electron chi connectivity index (χ3n) is 3.06. The molecular formula is C17H19N3O3S. The molecule has 1 aromatic carbocycles. The molecule has 2 amide bonds. The molecule has 0 aliphatic heterocycles. The van der Waals surface area contributed by atoms with Crippen molar-refractivity contribution in [2.45, 2.75) is 13.0 Å². The number of hydrogen-bond acceptors (Lipinski definition) is 5. The topological polar surface area (TPSA) is 93.5 Å². The third kappa shape index (κ3) is 5.86. The number of benzene rings is 1. The first-order chi connectivity index (χ1) is 11.7. The van der Waals surface area contributed by atoms with Crippen molar-refractivity contribution in [2.75, 3.05) is 6.54 Å². The highest BCUT2D eigenvalue weighted by atomic mass is 32.1. The molecule has 7 heteroatoms. The summed E-state index contributed by atoms with van der Waals surface area (Å²) in [5.41, 5.74) is 3.04. The maximum absolute atomic E-state index is 11.5. The summed E-state index contributed by atoms with van der Waals surface area (Å²) in [5, 5.41) is 2.68. The van der Waals surface area contributed by atoms with Gasteiger partial charge in [0.1, 0.15) is 6.61 Å². The lowest BCUT2D eigenvalue weighted by molar-refractivity contribution is 0.0957. The van der Waals surface area contributed by atoms with E-state index < -0.39 is 6.09 Å². The van der Waals surface area contributed by atoms with Crippen molar-refractivity contribution in [3.8, 4) is 0 Å². The Morgan fingerprint density at radius 3 is 2.71 bits per heavy atom. The minimum Gasteiger partial charge on any atom is -0.445 e. The van der Waals surface area contributed by atoms with Gasteiger partial charge in [-0.25, -0.2) is 10.6 Å². The molecule has 0 aliphatic rings. The van der Waals surface area contributed by atoms with Crippen LogP contribution in [0.5, 0.6) is 0 Å². The van der Waals surface area contributed by atoms with Crippen LogP contribution in [0.25, 0.3) is 6.08 Å². The number of carbonyl (C=O) groups is 2. The smallest absolute Gasteiger partial charge is 0.407 e. The summed E-state index contributed by atoms with van der Waals surface area (Å²) < 4.78 is 5.11. The Hall–Kier alpha value is -2.64. The van der Waals surface area contributed by atoms with E-state index in [1.165, 1.54) is 11.3 Å². The molecule has 1 heterocycles. The quantitative estimate of drug-likeness (QED) is 0.311. The zero-order valence-corrected chi connectivity index (χ0v) is 13.8. The van der Waals surface area contributed by atoms with Crippen LogP contribution in [0.4, 0.5) is 4.79 Å². The standard InChI is InChI=1S/C17H19N3O3S/c18-20-16(21)15-10-9-14(24-15)8-4-5-11-19-17(22)23-12-13-6-2-1-3-7-13/h1-4,6-10H,5,11-12,18H2,(H,19,22)(H,20,21). The number of carbonyl (C=O) groups excluding carboxylic acids is 2. The lowest BCUT2D eigenvalue weighted by Crippen LogP contribution is -2.29. The highest BCUT2D eigenvalue weighted by molar-refractivity contribution is 7.14. The van der Waals surface area contributed by atoms with Crippen LogP contribution < -0.4 is 16.6 Å². The van der Waals surface area contributed by atoms with Gasteiger partial charge in [0, 0.05) is 11.4 Å². The van der Waals surface area contributed by atoms with Gasteiger partial charge in [-0.1, -0.05) is 36.4 Å². The fraction of sp³-hybridized carbons (Fsp3) is 0.176. The highest BCUT2D eigenvalue weighted by Gasteiger charge is 2.05. The second-order valence-electron chi connectivity index (χ2n) is 4.86. The Morgan fingerprint density at radius 2 is 1.96 bits per heavy atom. The number of nitrogens with one attached hydrogen (secondary N) is 2. The molecule has 2 aromatic rings. The molecule has 6 nitrogen and oxygen atoms in total. The van der Waals surface area contributed by atoms with Gasteiger partial charge >= 0.3 is 6.09 Å². The van der Waals surface area contributed by atoms with Gasteiger partial charge in [0.25, 0.3) is 5.91 Å². The fourth-order valence-electron chi connectivity index (χ4n) is 1.87. The fourth-order valence-corrected chi connectivity index (χ4v) is 2.71. The van der Waals surface area contributed by atoms with E-state index >= 15 is 0 Å². The molecule has 0 atom stereocenters. The van der Waals surface area contributed by atoms with E-state index in [4.69, 9.17) is 10.6 Å². The second-order valence-corrected chi connectivity index (χ2v) is 5.97. The molecule has 24 heavy (non-hydrogen) atoms. The summed E-state index contributed by atoms with van der Waals surface area (Å²) in [4.78, 5) is 24.4. The van der Waals surface area contributed by atoms with E-state index in [1.54, 1.807) is 6.07 Å². The van der Waals surface area contributed by atoms with Gasteiger partial charge < -0.3 is 10.1 Å². The molecule has 0 radical (unpaired) electrons. The molecule has 0 saturated heterocycles. The molecule has 2 rings (SSSR count). The maximum atomic E-state index is 11.5. The monoisotopic (exact) mass is 345 g/mol. The van der Waals surface area contributed by atoms with Crippen LogP contribution in [0.1, 0.15) is 26.5 Å². The molecule has 126 valence electrons. The van der Waals surface area contributed by atoms with Crippen LogP contribution in [-0.2, 0) is 11.3 Å². The number of ether oxygens (including phenoxy) is 1. The molecule has 0 aliphatic carbocycles. The predicted molar refractivity (Wildman–Crippen MR) is 94.3 cm³/mol. The van der Waals surface area contributed by atoms with Crippen LogP contribution in [0.15, 0.2) is 48.5 Å². The zero-order valence-electron chi connectivity index (χ0n) is 13.0. The first-order valence-corrected chi connectivity index (χ1v) is 8.22. The number of hydrazine groups is 1. The molecule has 0 spiro atoms. The summed E-state index contributed by atoms with van der Waals surface area (Å²) in [6.07, 6.45) is 4.05. The van der Waals surface area contributed by atoms with Gasteiger partial charge in [-0.15, -0.1) is 11.3 Å². The summed E-state index contributed by atoms with van der Waals surface area (Å²) >= 11 is 1.34. The lowest BCUT2D eigenvalue weighted by Gasteiger charge is -2.05. The second kappa shape index (κ2) is 9.49. The number of rotatable bonds is 7. The van der Waals surface area contributed by atoms with Gasteiger partial charge in [-0.2, -0.15) is 0 Å². The largest absolute Gasteiger partial charge is 0.445 e. The average molecular weight is 345 g/mol. The molecule has 1 aromatic heterocycles. The van der Waals surface area contributed by atoms with Crippen molar-refractivity contribution in [1.82, 2.24) is 10.7 Å². The number of nitrogens with two attached hydrogens (primary N) is 1. The minimum absolute atomic E-state index is 0.254. The average Bonchev–Trinajstić information content (AvgIpc) is 3.09. The number of alkyl carbamates (subject to hydrolysis) is 1. The lowest BCUT2D eigenvalue weighted by atomic mass is 10.2. The van der Waals surface area contributed by atoms with E-state index in [-0.39, 0.29) is 12.5 Å². The van der Waals surface area contributed by atoms with Gasteiger partial charge in [0.05, 0.1) is 4.88 Å². The summed E-state index contributed by atoms with van der Waals surface area (Å²) in [5.74, 6) is 4.78. The Labute approximate surface area is 144 Å². The Morgan fingerprint density at radius 1 is 1.17 bits per heavy atom. The summed E-state index contributed by atoms with van der Waals surface area (Å²) in [6, 6.07) is 13.1. The van der Waals surface area contributed by atoms with Crippen LogP contribution in [0, 0.1) is 0 Å². The Kier molecular flexibility index (Phi) is 7.00. The molecular weight excluding hydrogens is 326 g/mol.